The number of carbonyl (C=O) groups excluding carboxylic acids is 2. The molecule has 13 nitrogen and oxygen atoms in total. The molecule has 2 amide bonds. The van der Waals surface area contributed by atoms with Crippen LogP contribution in [-0.4, -0.2) is 93.3 Å². The summed E-state index contributed by atoms with van der Waals surface area (Å²) in [6.07, 6.45) is 3.10. The van der Waals surface area contributed by atoms with Crippen molar-refractivity contribution in [2.45, 2.75) is 77.7 Å². The van der Waals surface area contributed by atoms with E-state index in [1.807, 2.05) is 30.7 Å². The minimum atomic E-state index is -1.31. The van der Waals surface area contributed by atoms with Crippen molar-refractivity contribution < 1.29 is 23.8 Å². The number of ether oxygens (including phenoxy) is 3. The number of fused-ring (bicyclic) bond motifs is 2. The second-order valence-corrected chi connectivity index (χ2v) is 20.3. The first-order chi connectivity index (χ1) is 22.7. The number of nitrogens with zero attached hydrogens (tertiary/aromatic N) is 7. The number of hydrogen-bond donors (Lipinski definition) is 1. The van der Waals surface area contributed by atoms with E-state index in [-0.39, 0.29) is 30.2 Å². The Hall–Kier alpha value is -3.87. The van der Waals surface area contributed by atoms with Crippen molar-refractivity contribution in [3.8, 4) is 17.5 Å². The number of amides is 2. The van der Waals surface area contributed by atoms with Crippen LogP contribution in [0.5, 0.6) is 0 Å². The first kappa shape index (κ1) is 34.0. The lowest BCUT2D eigenvalue weighted by Crippen LogP contribution is -2.55. The molecule has 0 radical (unpaired) electrons. The second kappa shape index (κ2) is 13.2. The number of halogens is 1. The molecular weight excluding hydrogens is 652 g/mol. The second-order valence-electron chi connectivity index (χ2n) is 14.2. The molecule has 3 aromatic heterocycles. The lowest BCUT2D eigenvalue weighted by atomic mass is 10.0. The third-order valence-corrected chi connectivity index (χ3v) is 10.5. The number of hydrogen-bond acceptors (Lipinski definition) is 9. The molecule has 1 unspecified atom stereocenters. The predicted molar refractivity (Wildman–Crippen MR) is 183 cm³/mol. The van der Waals surface area contributed by atoms with Crippen molar-refractivity contribution in [3.63, 3.8) is 0 Å². The van der Waals surface area contributed by atoms with E-state index >= 15 is 0 Å². The molecular formula is C33H41ClN8O5Si. The molecule has 0 aliphatic carbocycles. The van der Waals surface area contributed by atoms with Gasteiger partial charge in [0.1, 0.15) is 35.8 Å². The molecule has 48 heavy (non-hydrogen) atoms. The van der Waals surface area contributed by atoms with Gasteiger partial charge in [-0.15, -0.1) is 0 Å². The van der Waals surface area contributed by atoms with E-state index in [9.17, 15) is 9.59 Å². The van der Waals surface area contributed by atoms with Gasteiger partial charge in [0, 0.05) is 44.4 Å². The van der Waals surface area contributed by atoms with Crippen LogP contribution in [0.15, 0.2) is 30.6 Å². The largest absolute Gasteiger partial charge is 0.361 e. The van der Waals surface area contributed by atoms with Gasteiger partial charge in [-0.2, -0.15) is 10.4 Å². The van der Waals surface area contributed by atoms with Gasteiger partial charge in [0.05, 0.1) is 42.4 Å². The molecule has 0 saturated carbocycles. The van der Waals surface area contributed by atoms with Crippen molar-refractivity contribution in [2.75, 3.05) is 26.3 Å². The molecule has 254 valence electrons. The third-order valence-electron chi connectivity index (χ3n) is 8.53. The summed E-state index contributed by atoms with van der Waals surface area (Å²) in [5.41, 5.74) is 2.94. The number of rotatable bonds is 11. The highest BCUT2D eigenvalue weighted by Gasteiger charge is 2.35. The minimum Gasteiger partial charge on any atom is -0.361 e. The Kier molecular flexibility index (Phi) is 9.36. The van der Waals surface area contributed by atoms with Gasteiger partial charge in [-0.3, -0.25) is 14.3 Å². The Morgan fingerprint density at radius 1 is 1.27 bits per heavy atom. The maximum Gasteiger partial charge on any atom is 0.255 e. The summed E-state index contributed by atoms with van der Waals surface area (Å²) in [7, 11) is -1.31. The maximum atomic E-state index is 13.7. The van der Waals surface area contributed by atoms with Crippen molar-refractivity contribution in [1.29, 1.82) is 5.26 Å². The molecule has 0 bridgehead atoms. The first-order valence-electron chi connectivity index (χ1n) is 16.1. The normalized spacial score (nSPS) is 18.6. The van der Waals surface area contributed by atoms with Gasteiger partial charge in [0.15, 0.2) is 11.4 Å². The van der Waals surface area contributed by atoms with Crippen LogP contribution in [0.2, 0.25) is 30.7 Å². The first-order valence-corrected chi connectivity index (χ1v) is 20.2. The molecule has 2 atom stereocenters. The highest BCUT2D eigenvalue weighted by Crippen LogP contribution is 2.32. The van der Waals surface area contributed by atoms with Crippen molar-refractivity contribution in [3.05, 3.63) is 41.2 Å². The fourth-order valence-electron chi connectivity index (χ4n) is 5.84. The number of benzene rings is 1. The average Bonchev–Trinajstić information content (AvgIpc) is 3.66. The topological polar surface area (TPSA) is 149 Å². The molecule has 2 aliphatic rings. The number of nitrogens with one attached hydrogen (secondary N) is 1. The van der Waals surface area contributed by atoms with Crippen LogP contribution < -0.4 is 5.32 Å². The zero-order chi connectivity index (χ0) is 34.4. The molecule has 2 saturated heterocycles. The van der Waals surface area contributed by atoms with E-state index < -0.39 is 25.8 Å². The Morgan fingerprint density at radius 3 is 2.73 bits per heavy atom. The summed E-state index contributed by atoms with van der Waals surface area (Å²) >= 11 is 6.41. The molecule has 2 fully saturated rings. The Bertz CT molecular complexity index is 1910. The number of likely N-dealkylation sites (tertiary alicyclic amines) is 1. The number of aromatic nitrogens is 5. The van der Waals surface area contributed by atoms with E-state index in [0.717, 1.165) is 16.9 Å². The van der Waals surface area contributed by atoms with Crippen molar-refractivity contribution in [1.82, 2.24) is 34.5 Å². The van der Waals surface area contributed by atoms with Crippen molar-refractivity contribution >= 4 is 53.6 Å². The Labute approximate surface area is 285 Å². The zero-order valence-electron chi connectivity index (χ0n) is 28.1. The molecule has 4 aromatic rings. The fraction of sp³-hybridized carbons (Fsp3) is 0.515. The highest BCUT2D eigenvalue weighted by molar-refractivity contribution is 6.76. The average molecular weight is 693 g/mol. The molecule has 1 aromatic carbocycles. The van der Waals surface area contributed by atoms with E-state index in [1.165, 1.54) is 0 Å². The van der Waals surface area contributed by atoms with Crippen LogP contribution in [0.4, 0.5) is 0 Å². The lowest BCUT2D eigenvalue weighted by Gasteiger charge is -2.37. The van der Waals surface area contributed by atoms with Crippen molar-refractivity contribution in [2.24, 2.45) is 5.92 Å². The summed E-state index contributed by atoms with van der Waals surface area (Å²) in [5, 5.41) is 18.2. The van der Waals surface area contributed by atoms with Crippen LogP contribution in [0.1, 0.15) is 31.1 Å². The van der Waals surface area contributed by atoms with Crippen LogP contribution in [0, 0.1) is 17.2 Å². The number of nitriles is 1. The van der Waals surface area contributed by atoms with E-state index in [2.05, 4.69) is 31.0 Å². The van der Waals surface area contributed by atoms with E-state index in [0.29, 0.717) is 60.4 Å². The predicted octanol–water partition coefficient (Wildman–Crippen LogP) is 4.67. The van der Waals surface area contributed by atoms with Gasteiger partial charge in [0.25, 0.3) is 5.91 Å². The van der Waals surface area contributed by atoms with Gasteiger partial charge < -0.3 is 29.0 Å². The quantitative estimate of drug-likeness (QED) is 0.175. The summed E-state index contributed by atoms with van der Waals surface area (Å²) in [4.78, 5) is 37.9. The molecule has 6 rings (SSSR count). The molecule has 2 aliphatic heterocycles. The summed E-state index contributed by atoms with van der Waals surface area (Å²) in [6.45, 7) is 14.6. The maximum absolute atomic E-state index is 13.7. The van der Waals surface area contributed by atoms with Gasteiger partial charge in [0.2, 0.25) is 5.91 Å². The number of carbonyl (C=O) groups is 2. The molecule has 0 spiro atoms. The lowest BCUT2D eigenvalue weighted by molar-refractivity contribution is -0.139. The molecule has 5 heterocycles. The SMILES string of the molecule is C[C@@H](NC(=O)c1cn(COCC[Si](C)(C)C)c2ncc(-c3nn(CC4COC(C)(C)O4)c4cc(Cl)ccc34)nc12)C(=O)N1CC(C#N)C1. The van der Waals surface area contributed by atoms with Crippen LogP contribution in [0.3, 0.4) is 0 Å². The van der Waals surface area contributed by atoms with Gasteiger partial charge in [-0.1, -0.05) is 31.2 Å². The standard InChI is InChI=1S/C33H41ClN8O5Si/c1-20(32(44)40-14-21(12-35)15-40)37-31(43)25-17-41(19-45-9-10-48(4,5)6)30-29(25)38-26(13-36-30)28-24-8-7-22(34)11-27(24)42(39-28)16-23-18-46-33(2,3)47-23/h7-8,11,13,17,20-21,23H,9-10,14-16,18-19H2,1-6H3,(H,37,43)/t20-,23?/m1/s1. The van der Waals surface area contributed by atoms with Gasteiger partial charge >= 0.3 is 0 Å². The molecule has 1 N–H and O–H groups in total. The van der Waals surface area contributed by atoms with Gasteiger partial charge in [-0.25, -0.2) is 9.97 Å². The smallest absolute Gasteiger partial charge is 0.255 e. The summed E-state index contributed by atoms with van der Waals surface area (Å²) in [5.74, 6) is -1.56. The fourth-order valence-corrected chi connectivity index (χ4v) is 6.77. The Balaban J connectivity index is 1.33. The monoisotopic (exact) mass is 692 g/mol. The van der Waals surface area contributed by atoms with Crippen LogP contribution in [-0.2, 0) is 32.3 Å². The summed E-state index contributed by atoms with van der Waals surface area (Å²) < 4.78 is 21.4. The Morgan fingerprint density at radius 2 is 2.04 bits per heavy atom. The highest BCUT2D eigenvalue weighted by atomic mass is 35.5. The van der Waals surface area contributed by atoms with E-state index in [4.69, 9.17) is 46.1 Å². The molecule has 15 heteroatoms. The zero-order valence-corrected chi connectivity index (χ0v) is 29.9. The third kappa shape index (κ3) is 7.25. The van der Waals surface area contributed by atoms with E-state index in [1.54, 1.807) is 34.9 Å². The summed E-state index contributed by atoms with van der Waals surface area (Å²) in [6, 6.07) is 7.90. The van der Waals surface area contributed by atoms with Gasteiger partial charge in [-0.05, 0) is 45.0 Å². The van der Waals surface area contributed by atoms with Crippen LogP contribution in [0.25, 0.3) is 33.5 Å². The van der Waals surface area contributed by atoms with Crippen LogP contribution >= 0.6 is 11.6 Å². The minimum absolute atomic E-state index is 0.175.